The highest BCUT2D eigenvalue weighted by atomic mass is 19.1. The molecular formula is C12H18FNO2. The van der Waals surface area contributed by atoms with Crippen molar-refractivity contribution < 1.29 is 13.9 Å². The lowest BCUT2D eigenvalue weighted by Gasteiger charge is -2.23. The van der Waals surface area contributed by atoms with Gasteiger partial charge in [-0.25, -0.2) is 4.39 Å². The van der Waals surface area contributed by atoms with Crippen LogP contribution >= 0.6 is 0 Å². The van der Waals surface area contributed by atoms with E-state index in [4.69, 9.17) is 15.2 Å². The first-order valence-corrected chi connectivity index (χ1v) is 5.03. The molecule has 0 radical (unpaired) electrons. The molecule has 90 valence electrons. The largest absolute Gasteiger partial charge is 0.492 e. The van der Waals surface area contributed by atoms with Crippen molar-refractivity contribution in [3.8, 4) is 11.5 Å². The number of hydrogen-bond donors (Lipinski definition) is 1. The molecule has 0 heterocycles. The quantitative estimate of drug-likeness (QED) is 0.862. The highest BCUT2D eigenvalue weighted by Crippen LogP contribution is 2.38. The molecule has 16 heavy (non-hydrogen) atoms. The molecule has 4 heteroatoms. The van der Waals surface area contributed by atoms with Crippen molar-refractivity contribution in [3.05, 3.63) is 23.0 Å². The van der Waals surface area contributed by atoms with Crippen molar-refractivity contribution in [1.82, 2.24) is 0 Å². The zero-order valence-corrected chi connectivity index (χ0v) is 10.3. The molecule has 0 aromatic heterocycles. The average Bonchev–Trinajstić information content (AvgIpc) is 2.18. The fourth-order valence-corrected chi connectivity index (χ4v) is 1.65. The van der Waals surface area contributed by atoms with Crippen LogP contribution in [0.5, 0.6) is 11.5 Å². The second-order valence-corrected chi connectivity index (χ2v) is 4.34. The van der Waals surface area contributed by atoms with Crippen LogP contribution in [0.2, 0.25) is 0 Å². The first kappa shape index (κ1) is 12.8. The summed E-state index contributed by atoms with van der Waals surface area (Å²) < 4.78 is 24.2. The van der Waals surface area contributed by atoms with Gasteiger partial charge in [0.15, 0.2) is 17.3 Å². The third-order valence-electron chi connectivity index (χ3n) is 2.46. The van der Waals surface area contributed by atoms with Crippen LogP contribution in [0, 0.1) is 12.7 Å². The predicted molar refractivity (Wildman–Crippen MR) is 61.5 cm³/mol. The summed E-state index contributed by atoms with van der Waals surface area (Å²) in [5.74, 6) is 0.0569. The number of hydrogen-bond acceptors (Lipinski definition) is 3. The number of nitrogens with two attached hydrogens (primary N) is 1. The van der Waals surface area contributed by atoms with Crippen LogP contribution < -0.4 is 15.2 Å². The molecule has 0 fully saturated rings. The zero-order chi connectivity index (χ0) is 12.5. The first-order valence-electron chi connectivity index (χ1n) is 5.03. The smallest absolute Gasteiger partial charge is 0.197 e. The molecule has 1 aromatic rings. The molecule has 3 nitrogen and oxygen atoms in total. The normalized spacial score (nSPS) is 11.4. The van der Waals surface area contributed by atoms with Crippen LogP contribution in [-0.4, -0.2) is 14.2 Å². The summed E-state index contributed by atoms with van der Waals surface area (Å²) >= 11 is 0. The van der Waals surface area contributed by atoms with Crippen molar-refractivity contribution in [2.45, 2.75) is 26.3 Å². The van der Waals surface area contributed by atoms with Gasteiger partial charge in [-0.15, -0.1) is 0 Å². The molecule has 0 unspecified atom stereocenters. The standard InChI is InChI=1S/C12H18FNO2/c1-7-6-8(12(2,3)14)9(13)11(16-5)10(7)15-4/h6H,14H2,1-5H3. The van der Waals surface area contributed by atoms with Crippen LogP contribution in [0.1, 0.15) is 25.0 Å². The van der Waals surface area contributed by atoms with E-state index in [1.807, 2.05) is 6.92 Å². The van der Waals surface area contributed by atoms with Crippen LogP contribution in [0.3, 0.4) is 0 Å². The zero-order valence-electron chi connectivity index (χ0n) is 10.3. The number of rotatable bonds is 3. The van der Waals surface area contributed by atoms with Crippen molar-refractivity contribution in [2.75, 3.05) is 14.2 Å². The van der Waals surface area contributed by atoms with Gasteiger partial charge in [-0.1, -0.05) is 0 Å². The van der Waals surface area contributed by atoms with E-state index < -0.39 is 11.4 Å². The van der Waals surface area contributed by atoms with Crippen molar-refractivity contribution in [1.29, 1.82) is 0 Å². The van der Waals surface area contributed by atoms with Gasteiger partial charge in [0.2, 0.25) is 0 Å². The number of benzene rings is 1. The van der Waals surface area contributed by atoms with Gasteiger partial charge in [0.25, 0.3) is 0 Å². The van der Waals surface area contributed by atoms with E-state index in [2.05, 4.69) is 0 Å². The maximum atomic E-state index is 14.1. The molecule has 0 amide bonds. The molecule has 0 atom stereocenters. The highest BCUT2D eigenvalue weighted by molar-refractivity contribution is 5.51. The lowest BCUT2D eigenvalue weighted by Crippen LogP contribution is -2.30. The summed E-state index contributed by atoms with van der Waals surface area (Å²) in [4.78, 5) is 0. The fraction of sp³-hybridized carbons (Fsp3) is 0.500. The first-order chi connectivity index (χ1) is 7.32. The Bertz CT molecular complexity index is 397. The van der Waals surface area contributed by atoms with Gasteiger partial charge in [0, 0.05) is 11.1 Å². The van der Waals surface area contributed by atoms with Crippen molar-refractivity contribution in [2.24, 2.45) is 5.73 Å². The third-order valence-corrected chi connectivity index (χ3v) is 2.46. The van der Waals surface area contributed by atoms with E-state index in [9.17, 15) is 4.39 Å². The van der Waals surface area contributed by atoms with Gasteiger partial charge < -0.3 is 15.2 Å². The molecule has 0 aliphatic heterocycles. The molecule has 0 aliphatic rings. The fourth-order valence-electron chi connectivity index (χ4n) is 1.65. The summed E-state index contributed by atoms with van der Waals surface area (Å²) in [7, 11) is 2.89. The molecule has 0 aliphatic carbocycles. The average molecular weight is 227 g/mol. The Morgan fingerprint density at radius 3 is 2.06 bits per heavy atom. The van der Waals surface area contributed by atoms with E-state index in [1.54, 1.807) is 19.9 Å². The maximum absolute atomic E-state index is 14.1. The minimum atomic E-state index is -0.756. The van der Waals surface area contributed by atoms with Gasteiger partial charge in [0.1, 0.15) is 0 Å². The summed E-state index contributed by atoms with van der Waals surface area (Å²) in [6, 6.07) is 1.69. The van der Waals surface area contributed by atoms with Gasteiger partial charge in [-0.2, -0.15) is 0 Å². The Balaban J connectivity index is 3.53. The Morgan fingerprint density at radius 2 is 1.69 bits per heavy atom. The SMILES string of the molecule is COc1c(C)cc(C(C)(C)N)c(F)c1OC. The Kier molecular flexibility index (Phi) is 3.43. The van der Waals surface area contributed by atoms with Crippen molar-refractivity contribution >= 4 is 0 Å². The maximum Gasteiger partial charge on any atom is 0.197 e. The highest BCUT2D eigenvalue weighted by Gasteiger charge is 2.25. The molecule has 0 saturated carbocycles. The predicted octanol–water partition coefficient (Wildman–Crippen LogP) is 2.35. The molecular weight excluding hydrogens is 209 g/mol. The molecule has 2 N–H and O–H groups in total. The lowest BCUT2D eigenvalue weighted by molar-refractivity contribution is 0.330. The number of halogens is 1. The van der Waals surface area contributed by atoms with E-state index in [0.29, 0.717) is 11.3 Å². The van der Waals surface area contributed by atoms with Gasteiger partial charge in [-0.3, -0.25) is 0 Å². The molecule has 0 saturated heterocycles. The minimum absolute atomic E-state index is 0.107. The number of ether oxygens (including phenoxy) is 2. The summed E-state index contributed by atoms with van der Waals surface area (Å²) in [6.45, 7) is 5.32. The van der Waals surface area contributed by atoms with E-state index in [-0.39, 0.29) is 5.75 Å². The Hall–Kier alpha value is -1.29. The summed E-state index contributed by atoms with van der Waals surface area (Å²) in [5.41, 5.74) is 6.37. The topological polar surface area (TPSA) is 44.5 Å². The lowest BCUT2D eigenvalue weighted by atomic mass is 9.93. The van der Waals surface area contributed by atoms with Crippen LogP contribution in [-0.2, 0) is 5.54 Å². The molecule has 0 spiro atoms. The Morgan fingerprint density at radius 1 is 1.19 bits per heavy atom. The summed E-state index contributed by atoms with van der Waals surface area (Å²) in [5, 5.41) is 0. The molecule has 0 bridgehead atoms. The Labute approximate surface area is 95.4 Å². The second-order valence-electron chi connectivity index (χ2n) is 4.34. The monoisotopic (exact) mass is 227 g/mol. The van der Waals surface area contributed by atoms with Gasteiger partial charge >= 0.3 is 0 Å². The molecule has 1 aromatic carbocycles. The van der Waals surface area contributed by atoms with Crippen LogP contribution in [0.4, 0.5) is 4.39 Å². The van der Waals surface area contributed by atoms with Crippen LogP contribution in [0.25, 0.3) is 0 Å². The molecule has 1 rings (SSSR count). The van der Waals surface area contributed by atoms with E-state index in [1.165, 1.54) is 14.2 Å². The van der Waals surface area contributed by atoms with E-state index in [0.717, 1.165) is 5.56 Å². The van der Waals surface area contributed by atoms with Crippen LogP contribution in [0.15, 0.2) is 6.07 Å². The third kappa shape index (κ3) is 2.11. The van der Waals surface area contributed by atoms with Crippen molar-refractivity contribution in [3.63, 3.8) is 0 Å². The summed E-state index contributed by atoms with van der Waals surface area (Å²) in [6.07, 6.45) is 0. The minimum Gasteiger partial charge on any atom is -0.492 e. The second kappa shape index (κ2) is 4.29. The van der Waals surface area contributed by atoms with E-state index >= 15 is 0 Å². The number of aryl methyl sites for hydroxylation is 1. The van der Waals surface area contributed by atoms with Gasteiger partial charge in [0.05, 0.1) is 14.2 Å². The number of methoxy groups -OCH3 is 2. The van der Waals surface area contributed by atoms with Gasteiger partial charge in [-0.05, 0) is 32.4 Å².